The molecule has 3 rings (SSSR count). The standard InChI is InChI=1S/C18H21NO6/c20-10-14-15(22)16(23)18(25-14)19-9-8-13(21)12(17(19)24)7-6-11-4-2-1-3-5-11/h1-5,8-9,14-16,18,20-23H,6-7,10H2/t14-,15-,16-,18-/m1/s1. The maximum Gasteiger partial charge on any atom is 0.259 e. The van der Waals surface area contributed by atoms with Gasteiger partial charge in [0.05, 0.1) is 12.2 Å². The van der Waals surface area contributed by atoms with Gasteiger partial charge < -0.3 is 25.2 Å². The largest absolute Gasteiger partial charge is 0.507 e. The maximum atomic E-state index is 12.7. The number of aromatic hydroxyl groups is 1. The molecule has 4 N–H and O–H groups in total. The third kappa shape index (κ3) is 3.45. The summed E-state index contributed by atoms with van der Waals surface area (Å²) in [7, 11) is 0. The fraction of sp³-hybridized carbons (Fsp3) is 0.389. The van der Waals surface area contributed by atoms with Crippen LogP contribution in [0.2, 0.25) is 0 Å². The molecule has 0 saturated carbocycles. The van der Waals surface area contributed by atoms with Crippen molar-refractivity contribution in [3.05, 3.63) is 64.1 Å². The summed E-state index contributed by atoms with van der Waals surface area (Å²) in [6.07, 6.45) is -2.51. The molecule has 7 nitrogen and oxygen atoms in total. The molecule has 7 heteroatoms. The first-order valence-electron chi connectivity index (χ1n) is 8.12. The highest BCUT2D eigenvalue weighted by Crippen LogP contribution is 2.29. The van der Waals surface area contributed by atoms with Gasteiger partial charge in [-0.15, -0.1) is 0 Å². The van der Waals surface area contributed by atoms with Gasteiger partial charge in [0.15, 0.2) is 6.23 Å². The van der Waals surface area contributed by atoms with Gasteiger partial charge in [0, 0.05) is 6.20 Å². The van der Waals surface area contributed by atoms with Crippen molar-refractivity contribution >= 4 is 0 Å². The molecule has 0 aliphatic carbocycles. The Bertz CT molecular complexity index is 775. The molecule has 0 radical (unpaired) electrons. The summed E-state index contributed by atoms with van der Waals surface area (Å²) in [5.74, 6) is -0.121. The zero-order chi connectivity index (χ0) is 18.0. The molecule has 134 valence electrons. The van der Waals surface area contributed by atoms with E-state index in [-0.39, 0.29) is 11.3 Å². The molecule has 0 spiro atoms. The van der Waals surface area contributed by atoms with Crippen LogP contribution in [0.15, 0.2) is 47.4 Å². The van der Waals surface area contributed by atoms with E-state index in [2.05, 4.69) is 0 Å². The molecule has 1 aliphatic rings. The highest BCUT2D eigenvalue weighted by molar-refractivity contribution is 5.31. The average molecular weight is 347 g/mol. The van der Waals surface area contributed by atoms with Gasteiger partial charge in [0.1, 0.15) is 24.1 Å². The Kier molecular flexibility index (Phi) is 5.19. The summed E-state index contributed by atoms with van der Waals surface area (Å²) in [6.45, 7) is -0.470. The second-order valence-electron chi connectivity index (χ2n) is 6.11. The lowest BCUT2D eigenvalue weighted by Gasteiger charge is -2.19. The van der Waals surface area contributed by atoms with Crippen molar-refractivity contribution < 1.29 is 25.2 Å². The van der Waals surface area contributed by atoms with E-state index in [0.29, 0.717) is 12.8 Å². The number of nitrogens with zero attached hydrogens (tertiary/aromatic N) is 1. The molecule has 1 aromatic heterocycles. The zero-order valence-corrected chi connectivity index (χ0v) is 13.5. The van der Waals surface area contributed by atoms with Crippen LogP contribution in [0.3, 0.4) is 0 Å². The minimum absolute atomic E-state index is 0.121. The van der Waals surface area contributed by atoms with E-state index in [1.165, 1.54) is 12.3 Å². The van der Waals surface area contributed by atoms with E-state index >= 15 is 0 Å². The van der Waals surface area contributed by atoms with Gasteiger partial charge in [-0.05, 0) is 24.5 Å². The number of rotatable bonds is 5. The van der Waals surface area contributed by atoms with Crippen LogP contribution >= 0.6 is 0 Å². The Hall–Kier alpha value is -2.19. The first-order chi connectivity index (χ1) is 12.0. The number of ether oxygens (including phenoxy) is 1. The van der Waals surface area contributed by atoms with Crippen LogP contribution in [0.1, 0.15) is 17.4 Å². The van der Waals surface area contributed by atoms with E-state index in [0.717, 1.165) is 10.1 Å². The van der Waals surface area contributed by atoms with E-state index in [1.807, 2.05) is 30.3 Å². The highest BCUT2D eigenvalue weighted by Gasteiger charge is 2.43. The van der Waals surface area contributed by atoms with Crippen molar-refractivity contribution in [2.24, 2.45) is 0 Å². The molecule has 2 heterocycles. The van der Waals surface area contributed by atoms with E-state index in [1.54, 1.807) is 0 Å². The fourth-order valence-electron chi connectivity index (χ4n) is 3.04. The third-order valence-electron chi connectivity index (χ3n) is 4.49. The molecule has 1 fully saturated rings. The SMILES string of the molecule is O=c1c(CCc2ccccc2)c(O)ccn1[C@@H]1O[C@H](CO)[C@@H](O)[C@H]1O. The maximum absolute atomic E-state index is 12.7. The van der Waals surface area contributed by atoms with Crippen LogP contribution in [0, 0.1) is 0 Å². The number of aliphatic hydroxyl groups excluding tert-OH is 3. The lowest BCUT2D eigenvalue weighted by Crippen LogP contribution is -2.36. The van der Waals surface area contributed by atoms with E-state index in [4.69, 9.17) is 4.74 Å². The first-order valence-corrected chi connectivity index (χ1v) is 8.12. The second-order valence-corrected chi connectivity index (χ2v) is 6.11. The summed E-state index contributed by atoms with van der Waals surface area (Å²) in [4.78, 5) is 12.7. The third-order valence-corrected chi connectivity index (χ3v) is 4.49. The normalized spacial score (nSPS) is 26.0. The van der Waals surface area contributed by atoms with Gasteiger partial charge in [-0.2, -0.15) is 0 Å². The summed E-state index contributed by atoms with van der Waals surface area (Å²) in [5, 5.41) is 39.2. The van der Waals surface area contributed by atoms with Gasteiger partial charge in [-0.3, -0.25) is 9.36 Å². The molecule has 0 unspecified atom stereocenters. The topological polar surface area (TPSA) is 112 Å². The lowest BCUT2D eigenvalue weighted by atomic mass is 10.0. The smallest absolute Gasteiger partial charge is 0.259 e. The molecule has 25 heavy (non-hydrogen) atoms. The number of aromatic nitrogens is 1. The zero-order valence-electron chi connectivity index (χ0n) is 13.5. The minimum atomic E-state index is -1.35. The van der Waals surface area contributed by atoms with Crippen molar-refractivity contribution in [1.29, 1.82) is 0 Å². The predicted molar refractivity (Wildman–Crippen MR) is 89.2 cm³/mol. The van der Waals surface area contributed by atoms with Crippen LogP contribution in [-0.2, 0) is 17.6 Å². The van der Waals surface area contributed by atoms with Crippen molar-refractivity contribution in [1.82, 2.24) is 4.57 Å². The first kappa shape index (κ1) is 17.6. The number of pyridine rings is 1. The number of hydrogen-bond acceptors (Lipinski definition) is 6. The highest BCUT2D eigenvalue weighted by atomic mass is 16.6. The Morgan fingerprint density at radius 1 is 1.04 bits per heavy atom. The molecular weight excluding hydrogens is 326 g/mol. The predicted octanol–water partition coefficient (Wildman–Crippen LogP) is -0.0494. The van der Waals surface area contributed by atoms with Crippen molar-refractivity contribution in [2.45, 2.75) is 37.4 Å². The molecule has 0 bridgehead atoms. The van der Waals surface area contributed by atoms with E-state index < -0.39 is 36.7 Å². The number of benzene rings is 1. The number of aliphatic hydroxyl groups is 3. The Morgan fingerprint density at radius 3 is 2.40 bits per heavy atom. The molecule has 4 atom stereocenters. The second kappa shape index (κ2) is 7.37. The van der Waals surface area contributed by atoms with E-state index in [9.17, 15) is 25.2 Å². The monoisotopic (exact) mass is 347 g/mol. The average Bonchev–Trinajstić information content (AvgIpc) is 2.91. The van der Waals surface area contributed by atoms with Crippen molar-refractivity contribution in [3.63, 3.8) is 0 Å². The molecule has 1 aromatic carbocycles. The number of aryl methyl sites for hydroxylation is 1. The molecule has 2 aromatic rings. The Morgan fingerprint density at radius 2 is 1.76 bits per heavy atom. The van der Waals surface area contributed by atoms with Gasteiger partial charge >= 0.3 is 0 Å². The van der Waals surface area contributed by atoms with Crippen LogP contribution in [0.5, 0.6) is 5.75 Å². The summed E-state index contributed by atoms with van der Waals surface area (Å²) >= 11 is 0. The molecule has 0 amide bonds. The molecule has 1 aliphatic heterocycles. The quantitative estimate of drug-likeness (QED) is 0.603. The van der Waals surface area contributed by atoms with Crippen molar-refractivity contribution in [2.75, 3.05) is 6.61 Å². The van der Waals surface area contributed by atoms with Crippen LogP contribution in [0.4, 0.5) is 0 Å². The van der Waals surface area contributed by atoms with Gasteiger partial charge in [0.25, 0.3) is 5.56 Å². The van der Waals surface area contributed by atoms with Crippen LogP contribution < -0.4 is 5.56 Å². The minimum Gasteiger partial charge on any atom is -0.507 e. The van der Waals surface area contributed by atoms with Gasteiger partial charge in [-0.1, -0.05) is 30.3 Å². The van der Waals surface area contributed by atoms with Crippen LogP contribution in [0.25, 0.3) is 0 Å². The van der Waals surface area contributed by atoms with Gasteiger partial charge in [-0.25, -0.2) is 0 Å². The molecule has 1 saturated heterocycles. The van der Waals surface area contributed by atoms with Crippen molar-refractivity contribution in [3.8, 4) is 5.75 Å². The van der Waals surface area contributed by atoms with Gasteiger partial charge in [0.2, 0.25) is 0 Å². The fourth-order valence-corrected chi connectivity index (χ4v) is 3.04. The molecular formula is C18H21NO6. The summed E-state index contributed by atoms with van der Waals surface area (Å²) in [5.41, 5.74) is 0.750. The van der Waals surface area contributed by atoms with Crippen LogP contribution in [-0.4, -0.2) is 49.9 Å². The Labute approximate surface area is 144 Å². The Balaban J connectivity index is 1.86. The summed E-state index contributed by atoms with van der Waals surface area (Å²) in [6, 6.07) is 10.9. The lowest BCUT2D eigenvalue weighted by molar-refractivity contribution is -0.0545. The number of hydrogen-bond donors (Lipinski definition) is 4. The summed E-state index contributed by atoms with van der Waals surface area (Å²) < 4.78 is 6.53.